The Morgan fingerprint density at radius 2 is 2.23 bits per heavy atom. The van der Waals surface area contributed by atoms with Crippen molar-refractivity contribution < 1.29 is 9.30 Å². The molecule has 0 saturated heterocycles. The number of hydrogen-bond acceptors (Lipinski definition) is 1. The average Bonchev–Trinajstić information content (AvgIpc) is 2.49. The largest absolute Gasteiger partial charge is 0.345 e. The Hall–Kier alpha value is -0.830. The van der Waals surface area contributed by atoms with E-state index in [1.165, 1.54) is 12.2 Å². The van der Waals surface area contributed by atoms with Crippen LogP contribution in [0.4, 0.5) is 0 Å². The molecule has 1 aromatic heterocycles. The molecule has 3 nitrogen and oxygen atoms in total. The molecule has 13 heavy (non-hydrogen) atoms. The molecule has 0 spiro atoms. The van der Waals surface area contributed by atoms with Crippen molar-refractivity contribution in [1.29, 1.82) is 0 Å². The summed E-state index contributed by atoms with van der Waals surface area (Å²) in [6, 6.07) is 0. The van der Waals surface area contributed by atoms with Crippen LogP contribution in [-0.2, 0) is 24.4 Å². The number of methoxy groups -OCH3 is 1. The number of nitrogens with zero attached hydrogens (tertiary/aromatic N) is 2. The number of imidazole rings is 1. The van der Waals surface area contributed by atoms with Crippen LogP contribution in [0.1, 0.15) is 26.1 Å². The zero-order valence-electron chi connectivity index (χ0n) is 8.79. The lowest BCUT2D eigenvalue weighted by molar-refractivity contribution is -0.737. The predicted molar refractivity (Wildman–Crippen MR) is 51.3 cm³/mol. The Morgan fingerprint density at radius 3 is 2.77 bits per heavy atom. The van der Waals surface area contributed by atoms with Crippen LogP contribution in [-0.4, -0.2) is 11.7 Å². The minimum Gasteiger partial charge on any atom is -0.345 e. The summed E-state index contributed by atoms with van der Waals surface area (Å²) in [4.78, 5) is 0. The summed E-state index contributed by atoms with van der Waals surface area (Å²) >= 11 is 0. The van der Waals surface area contributed by atoms with Crippen molar-refractivity contribution in [3.05, 3.63) is 18.2 Å². The molecule has 0 radical (unpaired) electrons. The second-order valence-corrected chi connectivity index (χ2v) is 3.15. The maximum absolute atomic E-state index is 5.11. The second-order valence-electron chi connectivity index (χ2n) is 3.15. The van der Waals surface area contributed by atoms with Gasteiger partial charge in [0.15, 0.2) is 6.73 Å². The van der Waals surface area contributed by atoms with Crippen molar-refractivity contribution in [2.45, 2.75) is 40.0 Å². The first-order chi connectivity index (χ1) is 6.33. The van der Waals surface area contributed by atoms with Crippen molar-refractivity contribution in [2.24, 2.45) is 0 Å². The van der Waals surface area contributed by atoms with E-state index in [1.54, 1.807) is 7.11 Å². The van der Waals surface area contributed by atoms with Gasteiger partial charge in [0.05, 0.1) is 6.54 Å². The predicted octanol–water partition coefficient (Wildman–Crippen LogP) is 1.35. The molecule has 1 aromatic rings. The highest BCUT2D eigenvalue weighted by atomic mass is 16.5. The van der Waals surface area contributed by atoms with Crippen LogP contribution in [0.25, 0.3) is 0 Å². The van der Waals surface area contributed by atoms with Crippen molar-refractivity contribution in [3.8, 4) is 0 Å². The lowest BCUT2D eigenvalue weighted by Gasteiger charge is -2.00. The molecule has 0 aliphatic rings. The molecule has 0 aliphatic carbocycles. The zero-order chi connectivity index (χ0) is 9.68. The van der Waals surface area contributed by atoms with Crippen LogP contribution < -0.4 is 4.57 Å². The van der Waals surface area contributed by atoms with Gasteiger partial charge < -0.3 is 4.74 Å². The van der Waals surface area contributed by atoms with Crippen LogP contribution in [0.5, 0.6) is 0 Å². The third-order valence-electron chi connectivity index (χ3n) is 2.14. The van der Waals surface area contributed by atoms with Crippen LogP contribution in [0, 0.1) is 0 Å². The summed E-state index contributed by atoms with van der Waals surface area (Å²) in [7, 11) is 1.73. The first-order valence-corrected chi connectivity index (χ1v) is 4.89. The molecule has 0 saturated carbocycles. The van der Waals surface area contributed by atoms with Crippen LogP contribution in [0.2, 0.25) is 0 Å². The summed E-state index contributed by atoms with van der Waals surface area (Å²) < 4.78 is 9.55. The highest BCUT2D eigenvalue weighted by Crippen LogP contribution is 1.98. The quantitative estimate of drug-likeness (QED) is 0.630. The number of ether oxygens (including phenoxy) is 1. The topological polar surface area (TPSA) is 18.0 Å². The van der Waals surface area contributed by atoms with Gasteiger partial charge in [0.2, 0.25) is 0 Å². The summed E-state index contributed by atoms with van der Waals surface area (Å²) in [6.07, 6.45) is 6.43. The molecular formula is C10H19N2O+. The smallest absolute Gasteiger partial charge is 0.258 e. The van der Waals surface area contributed by atoms with E-state index in [9.17, 15) is 0 Å². The van der Waals surface area contributed by atoms with Crippen molar-refractivity contribution in [3.63, 3.8) is 0 Å². The van der Waals surface area contributed by atoms with E-state index in [2.05, 4.69) is 35.4 Å². The average molecular weight is 183 g/mol. The molecular weight excluding hydrogens is 164 g/mol. The van der Waals surface area contributed by atoms with Crippen LogP contribution in [0.3, 0.4) is 0 Å². The summed E-state index contributed by atoms with van der Waals surface area (Å²) in [5.41, 5.74) is 0. The zero-order valence-corrected chi connectivity index (χ0v) is 8.79. The standard InChI is InChI=1S/C10H19N2O/c1-4-6-11-7-8-12(9-13-3)10(11)5-2/h7-8H,4-6,9H2,1-3H3/q+1. The first kappa shape index (κ1) is 10.3. The van der Waals surface area contributed by atoms with Crippen molar-refractivity contribution in [1.82, 2.24) is 4.57 Å². The molecule has 0 atom stereocenters. The Balaban J connectivity index is 2.82. The fourth-order valence-corrected chi connectivity index (χ4v) is 1.61. The molecule has 1 heterocycles. The Kier molecular flexibility index (Phi) is 3.96. The summed E-state index contributed by atoms with van der Waals surface area (Å²) in [6.45, 7) is 6.12. The van der Waals surface area contributed by atoms with Gasteiger partial charge in [-0.25, -0.2) is 9.13 Å². The SMILES string of the molecule is CCCn1cc[n+](COC)c1CC. The minimum absolute atomic E-state index is 0.653. The second kappa shape index (κ2) is 5.02. The van der Waals surface area contributed by atoms with Crippen LogP contribution >= 0.6 is 0 Å². The highest BCUT2D eigenvalue weighted by Gasteiger charge is 2.13. The minimum atomic E-state index is 0.653. The lowest BCUT2D eigenvalue weighted by Crippen LogP contribution is -2.37. The van der Waals surface area contributed by atoms with Gasteiger partial charge in [-0.15, -0.1) is 0 Å². The van der Waals surface area contributed by atoms with Gasteiger partial charge in [-0.2, -0.15) is 0 Å². The maximum Gasteiger partial charge on any atom is 0.258 e. The van der Waals surface area contributed by atoms with E-state index in [0.29, 0.717) is 6.73 Å². The van der Waals surface area contributed by atoms with Gasteiger partial charge >= 0.3 is 0 Å². The summed E-state index contributed by atoms with van der Waals surface area (Å²) in [5, 5.41) is 0. The third-order valence-corrected chi connectivity index (χ3v) is 2.14. The van der Waals surface area contributed by atoms with Gasteiger partial charge in [-0.3, -0.25) is 0 Å². The van der Waals surface area contributed by atoms with Gasteiger partial charge in [-0.05, 0) is 6.42 Å². The Labute approximate surface area is 79.9 Å². The fourth-order valence-electron chi connectivity index (χ4n) is 1.61. The molecule has 0 bridgehead atoms. The number of aryl methyl sites for hydroxylation is 1. The van der Waals surface area contributed by atoms with E-state index in [4.69, 9.17) is 4.74 Å². The van der Waals surface area contributed by atoms with Gasteiger partial charge in [0.25, 0.3) is 5.82 Å². The molecule has 0 aromatic carbocycles. The van der Waals surface area contributed by atoms with E-state index in [1.807, 2.05) is 0 Å². The molecule has 0 unspecified atom stereocenters. The lowest BCUT2D eigenvalue weighted by atomic mass is 10.4. The van der Waals surface area contributed by atoms with Gasteiger partial charge in [-0.1, -0.05) is 13.8 Å². The molecule has 0 aliphatic heterocycles. The van der Waals surface area contributed by atoms with Crippen molar-refractivity contribution >= 4 is 0 Å². The molecule has 3 heteroatoms. The van der Waals surface area contributed by atoms with Crippen LogP contribution in [0.15, 0.2) is 12.4 Å². The van der Waals surface area contributed by atoms with Gasteiger partial charge in [0.1, 0.15) is 12.4 Å². The molecule has 1 rings (SSSR count). The van der Waals surface area contributed by atoms with E-state index >= 15 is 0 Å². The van der Waals surface area contributed by atoms with Crippen molar-refractivity contribution in [2.75, 3.05) is 7.11 Å². The Bertz CT molecular complexity index is 232. The first-order valence-electron chi connectivity index (χ1n) is 4.89. The monoisotopic (exact) mass is 183 g/mol. The van der Waals surface area contributed by atoms with E-state index < -0.39 is 0 Å². The fraction of sp³-hybridized carbons (Fsp3) is 0.700. The number of rotatable bonds is 5. The molecule has 74 valence electrons. The number of hydrogen-bond donors (Lipinski definition) is 0. The highest BCUT2D eigenvalue weighted by molar-refractivity contribution is 4.82. The Morgan fingerprint density at radius 1 is 1.46 bits per heavy atom. The normalized spacial score (nSPS) is 10.7. The summed E-state index contributed by atoms with van der Waals surface area (Å²) in [5.74, 6) is 1.34. The molecule has 0 N–H and O–H groups in total. The maximum atomic E-state index is 5.11. The van der Waals surface area contributed by atoms with E-state index in [0.717, 1.165) is 13.0 Å². The molecule has 0 fully saturated rings. The molecule has 0 amide bonds. The number of aromatic nitrogens is 2. The van der Waals surface area contributed by atoms with Gasteiger partial charge in [0, 0.05) is 13.5 Å². The van der Waals surface area contributed by atoms with E-state index in [-0.39, 0.29) is 0 Å². The third kappa shape index (κ3) is 2.31.